The Bertz CT molecular complexity index is 547. The average Bonchev–Trinajstić information content (AvgIpc) is 2.38. The Kier molecular flexibility index (Phi) is 3.97. The molecule has 0 atom stereocenters. The van der Waals surface area contributed by atoms with Crippen LogP contribution in [-0.2, 0) is 6.42 Å². The molecule has 0 aliphatic carbocycles. The number of halogens is 1. The van der Waals surface area contributed by atoms with Crippen LogP contribution in [-0.4, -0.2) is 10.2 Å². The minimum absolute atomic E-state index is 0.485. The maximum absolute atomic E-state index is 5.97. The van der Waals surface area contributed by atoms with Crippen LogP contribution in [0, 0.1) is 13.8 Å². The van der Waals surface area contributed by atoms with E-state index in [4.69, 9.17) is 11.6 Å². The number of rotatable bonds is 3. The molecule has 2 rings (SSSR count). The molecule has 0 fully saturated rings. The third-order valence-corrected chi connectivity index (χ3v) is 3.59. The molecule has 0 spiro atoms. The lowest BCUT2D eigenvalue weighted by Gasteiger charge is -2.08. The van der Waals surface area contributed by atoms with Gasteiger partial charge in [-0.2, -0.15) is 0 Å². The van der Waals surface area contributed by atoms with Gasteiger partial charge in [-0.05, 0) is 37.0 Å². The molecule has 18 heavy (non-hydrogen) atoms. The SMILES string of the molecule is CCCc1ccc(-c2nnc(Cl)c(C)c2C)cc1. The molecule has 3 heteroatoms. The van der Waals surface area contributed by atoms with E-state index >= 15 is 0 Å². The summed E-state index contributed by atoms with van der Waals surface area (Å²) >= 11 is 5.97. The molecule has 0 saturated carbocycles. The molecule has 94 valence electrons. The van der Waals surface area contributed by atoms with Gasteiger partial charge in [-0.3, -0.25) is 0 Å². The van der Waals surface area contributed by atoms with Gasteiger partial charge in [0.1, 0.15) is 0 Å². The Labute approximate surface area is 113 Å². The van der Waals surface area contributed by atoms with Crippen molar-refractivity contribution < 1.29 is 0 Å². The fourth-order valence-electron chi connectivity index (χ4n) is 1.97. The quantitative estimate of drug-likeness (QED) is 0.819. The second kappa shape index (κ2) is 5.49. The van der Waals surface area contributed by atoms with E-state index in [9.17, 15) is 0 Å². The number of aromatic nitrogens is 2. The predicted octanol–water partition coefficient (Wildman–Crippen LogP) is 4.37. The zero-order chi connectivity index (χ0) is 13.1. The van der Waals surface area contributed by atoms with Crippen molar-refractivity contribution in [2.75, 3.05) is 0 Å². The minimum atomic E-state index is 0.485. The normalized spacial score (nSPS) is 10.7. The summed E-state index contributed by atoms with van der Waals surface area (Å²) in [4.78, 5) is 0. The molecule has 0 unspecified atom stereocenters. The molecule has 1 heterocycles. The second-order valence-electron chi connectivity index (χ2n) is 4.54. The van der Waals surface area contributed by atoms with Crippen molar-refractivity contribution in [3.63, 3.8) is 0 Å². The Hall–Kier alpha value is -1.41. The van der Waals surface area contributed by atoms with Crippen molar-refractivity contribution in [2.45, 2.75) is 33.6 Å². The molecule has 1 aromatic carbocycles. The van der Waals surface area contributed by atoms with Gasteiger partial charge in [0.05, 0.1) is 5.69 Å². The van der Waals surface area contributed by atoms with Gasteiger partial charge in [-0.25, -0.2) is 0 Å². The van der Waals surface area contributed by atoms with E-state index in [0.717, 1.165) is 35.2 Å². The molecule has 1 aromatic heterocycles. The summed E-state index contributed by atoms with van der Waals surface area (Å²) in [6, 6.07) is 8.53. The fourth-order valence-corrected chi connectivity index (χ4v) is 2.15. The first-order chi connectivity index (χ1) is 8.63. The fraction of sp³-hybridized carbons (Fsp3) is 0.333. The first kappa shape index (κ1) is 13.0. The van der Waals surface area contributed by atoms with Crippen LogP contribution >= 0.6 is 11.6 Å². The monoisotopic (exact) mass is 260 g/mol. The van der Waals surface area contributed by atoms with Crippen LogP contribution in [0.1, 0.15) is 30.0 Å². The first-order valence-corrected chi connectivity index (χ1v) is 6.60. The Morgan fingerprint density at radius 2 is 1.67 bits per heavy atom. The summed E-state index contributed by atoms with van der Waals surface area (Å²) < 4.78 is 0. The van der Waals surface area contributed by atoms with Crippen molar-refractivity contribution in [3.05, 3.63) is 46.1 Å². The summed E-state index contributed by atoms with van der Waals surface area (Å²) in [5.41, 5.74) is 5.47. The van der Waals surface area contributed by atoms with Gasteiger partial charge in [-0.1, -0.05) is 49.2 Å². The van der Waals surface area contributed by atoms with Gasteiger partial charge < -0.3 is 0 Å². The molecular weight excluding hydrogens is 244 g/mol. The lowest BCUT2D eigenvalue weighted by atomic mass is 10.0. The number of hydrogen-bond donors (Lipinski definition) is 0. The van der Waals surface area contributed by atoms with Gasteiger partial charge >= 0.3 is 0 Å². The topological polar surface area (TPSA) is 25.8 Å². The zero-order valence-corrected chi connectivity index (χ0v) is 11.8. The molecule has 0 aliphatic heterocycles. The van der Waals surface area contributed by atoms with E-state index in [1.165, 1.54) is 5.56 Å². The number of nitrogens with zero attached hydrogens (tertiary/aromatic N) is 2. The Morgan fingerprint density at radius 1 is 1.00 bits per heavy atom. The van der Waals surface area contributed by atoms with Crippen molar-refractivity contribution in [1.82, 2.24) is 10.2 Å². The van der Waals surface area contributed by atoms with E-state index < -0.39 is 0 Å². The van der Waals surface area contributed by atoms with Crippen molar-refractivity contribution in [3.8, 4) is 11.3 Å². The van der Waals surface area contributed by atoms with Gasteiger partial charge in [0.2, 0.25) is 0 Å². The van der Waals surface area contributed by atoms with E-state index in [1.807, 2.05) is 13.8 Å². The van der Waals surface area contributed by atoms with Crippen LogP contribution in [0.5, 0.6) is 0 Å². The van der Waals surface area contributed by atoms with E-state index in [0.29, 0.717) is 5.15 Å². The van der Waals surface area contributed by atoms with Gasteiger partial charge in [0.15, 0.2) is 5.15 Å². The second-order valence-corrected chi connectivity index (χ2v) is 4.89. The van der Waals surface area contributed by atoms with Crippen molar-refractivity contribution >= 4 is 11.6 Å². The van der Waals surface area contributed by atoms with Gasteiger partial charge in [0, 0.05) is 5.56 Å². The maximum Gasteiger partial charge on any atom is 0.154 e. The zero-order valence-electron chi connectivity index (χ0n) is 11.0. The molecule has 2 nitrogen and oxygen atoms in total. The molecule has 0 saturated heterocycles. The van der Waals surface area contributed by atoms with Crippen LogP contribution < -0.4 is 0 Å². The van der Waals surface area contributed by atoms with Crippen LogP contribution in [0.3, 0.4) is 0 Å². The standard InChI is InChI=1S/C15H17ClN2/c1-4-5-12-6-8-13(9-7-12)14-10(2)11(3)15(16)18-17-14/h6-9H,4-5H2,1-3H3. The minimum Gasteiger partial charge on any atom is -0.149 e. The lowest BCUT2D eigenvalue weighted by molar-refractivity contribution is 0.921. The number of hydrogen-bond acceptors (Lipinski definition) is 2. The van der Waals surface area contributed by atoms with Crippen LogP contribution in [0.2, 0.25) is 5.15 Å². The van der Waals surface area contributed by atoms with E-state index in [-0.39, 0.29) is 0 Å². The van der Waals surface area contributed by atoms with Crippen molar-refractivity contribution in [2.24, 2.45) is 0 Å². The van der Waals surface area contributed by atoms with E-state index in [2.05, 4.69) is 41.4 Å². The molecule has 0 aliphatic rings. The molecule has 0 bridgehead atoms. The van der Waals surface area contributed by atoms with Gasteiger partial charge in [0.25, 0.3) is 0 Å². The summed E-state index contributed by atoms with van der Waals surface area (Å²) in [6.07, 6.45) is 2.28. The molecule has 0 amide bonds. The summed E-state index contributed by atoms with van der Waals surface area (Å²) in [5, 5.41) is 8.68. The lowest BCUT2D eigenvalue weighted by Crippen LogP contribution is -1.96. The van der Waals surface area contributed by atoms with Gasteiger partial charge in [-0.15, -0.1) is 10.2 Å². The Morgan fingerprint density at radius 3 is 2.28 bits per heavy atom. The molecule has 0 radical (unpaired) electrons. The summed E-state index contributed by atoms with van der Waals surface area (Å²) in [5.74, 6) is 0. The number of benzene rings is 1. The van der Waals surface area contributed by atoms with Crippen LogP contribution in [0.15, 0.2) is 24.3 Å². The molecular formula is C15H17ClN2. The van der Waals surface area contributed by atoms with Crippen LogP contribution in [0.25, 0.3) is 11.3 Å². The highest BCUT2D eigenvalue weighted by molar-refractivity contribution is 6.30. The third kappa shape index (κ3) is 2.54. The summed E-state index contributed by atoms with van der Waals surface area (Å²) in [6.45, 7) is 6.19. The van der Waals surface area contributed by atoms with Crippen molar-refractivity contribution in [1.29, 1.82) is 0 Å². The van der Waals surface area contributed by atoms with Crippen LogP contribution in [0.4, 0.5) is 0 Å². The molecule has 0 N–H and O–H groups in total. The largest absolute Gasteiger partial charge is 0.154 e. The maximum atomic E-state index is 5.97. The highest BCUT2D eigenvalue weighted by atomic mass is 35.5. The summed E-state index contributed by atoms with van der Waals surface area (Å²) in [7, 11) is 0. The number of aryl methyl sites for hydroxylation is 1. The van der Waals surface area contributed by atoms with E-state index in [1.54, 1.807) is 0 Å². The highest BCUT2D eigenvalue weighted by Crippen LogP contribution is 2.26. The Balaban J connectivity index is 2.40. The first-order valence-electron chi connectivity index (χ1n) is 6.22. The predicted molar refractivity (Wildman–Crippen MR) is 75.9 cm³/mol. The third-order valence-electron chi connectivity index (χ3n) is 3.23. The highest BCUT2D eigenvalue weighted by Gasteiger charge is 2.09. The average molecular weight is 261 g/mol. The molecule has 2 aromatic rings. The smallest absolute Gasteiger partial charge is 0.149 e.